The minimum Gasteiger partial charge on any atom is -0.257 e. The predicted octanol–water partition coefficient (Wildman–Crippen LogP) is 5.64. The van der Waals surface area contributed by atoms with Gasteiger partial charge in [-0.3, -0.25) is 4.99 Å². The van der Waals surface area contributed by atoms with Crippen molar-refractivity contribution in [1.29, 1.82) is 0 Å². The van der Waals surface area contributed by atoms with Gasteiger partial charge in [-0.1, -0.05) is 26.0 Å². The predicted molar refractivity (Wildman–Crippen MR) is 109 cm³/mol. The highest BCUT2D eigenvalue weighted by Crippen LogP contribution is 2.35. The van der Waals surface area contributed by atoms with Crippen molar-refractivity contribution in [2.75, 3.05) is 0 Å². The SMILES string of the molecule is CCC(C)/C(C)=N\c1c(Cc2ncccn2)ccc(-c2nccs2)c1C. The van der Waals surface area contributed by atoms with Gasteiger partial charge >= 0.3 is 0 Å². The molecule has 1 aromatic carbocycles. The van der Waals surface area contributed by atoms with Gasteiger partial charge in [-0.05, 0) is 43.4 Å². The first-order valence-electron chi connectivity index (χ1n) is 8.93. The van der Waals surface area contributed by atoms with E-state index in [0.717, 1.165) is 45.3 Å². The fourth-order valence-corrected chi connectivity index (χ4v) is 3.54. The maximum Gasteiger partial charge on any atom is 0.132 e. The van der Waals surface area contributed by atoms with Crippen LogP contribution in [0.5, 0.6) is 0 Å². The Morgan fingerprint density at radius 2 is 1.92 bits per heavy atom. The van der Waals surface area contributed by atoms with Crippen LogP contribution in [-0.2, 0) is 6.42 Å². The standard InChI is InChI=1S/C21H24N4S/c1-5-14(2)16(4)25-20-15(3)18(21-24-11-12-26-21)8-7-17(20)13-19-22-9-6-10-23-19/h6-12,14H,5,13H2,1-4H3/b25-16-. The molecule has 2 heterocycles. The van der Waals surface area contributed by atoms with Crippen LogP contribution in [0.3, 0.4) is 0 Å². The Labute approximate surface area is 159 Å². The van der Waals surface area contributed by atoms with Crippen molar-refractivity contribution in [3.63, 3.8) is 0 Å². The minimum absolute atomic E-state index is 0.457. The molecule has 0 N–H and O–H groups in total. The number of benzene rings is 1. The zero-order valence-electron chi connectivity index (χ0n) is 15.7. The van der Waals surface area contributed by atoms with Gasteiger partial charge < -0.3 is 0 Å². The van der Waals surface area contributed by atoms with Gasteiger partial charge in [-0.25, -0.2) is 15.0 Å². The van der Waals surface area contributed by atoms with Gasteiger partial charge in [0.2, 0.25) is 0 Å². The molecular weight excluding hydrogens is 340 g/mol. The Morgan fingerprint density at radius 3 is 2.58 bits per heavy atom. The lowest BCUT2D eigenvalue weighted by Crippen LogP contribution is -2.06. The van der Waals surface area contributed by atoms with Crippen molar-refractivity contribution in [2.45, 2.75) is 40.5 Å². The Morgan fingerprint density at radius 1 is 1.15 bits per heavy atom. The molecule has 2 aromatic heterocycles. The molecule has 1 unspecified atom stereocenters. The van der Waals surface area contributed by atoms with E-state index < -0.39 is 0 Å². The van der Waals surface area contributed by atoms with Crippen LogP contribution in [0.15, 0.2) is 47.2 Å². The van der Waals surface area contributed by atoms with E-state index in [0.29, 0.717) is 12.3 Å². The van der Waals surface area contributed by atoms with Gasteiger partial charge in [0, 0.05) is 41.7 Å². The van der Waals surface area contributed by atoms with Crippen molar-refractivity contribution in [3.8, 4) is 10.6 Å². The highest BCUT2D eigenvalue weighted by molar-refractivity contribution is 7.13. The van der Waals surface area contributed by atoms with E-state index in [1.54, 1.807) is 23.7 Å². The molecule has 0 fully saturated rings. The molecule has 26 heavy (non-hydrogen) atoms. The normalized spacial score (nSPS) is 13.0. The lowest BCUT2D eigenvalue weighted by atomic mass is 9.98. The summed E-state index contributed by atoms with van der Waals surface area (Å²) in [6.45, 7) is 8.67. The Balaban J connectivity index is 2.10. The van der Waals surface area contributed by atoms with Gasteiger partial charge in [0.25, 0.3) is 0 Å². The average Bonchev–Trinajstić information content (AvgIpc) is 3.19. The smallest absolute Gasteiger partial charge is 0.132 e. The van der Waals surface area contributed by atoms with Crippen LogP contribution in [0.2, 0.25) is 0 Å². The van der Waals surface area contributed by atoms with E-state index in [-0.39, 0.29) is 0 Å². The second kappa shape index (κ2) is 8.32. The average molecular weight is 365 g/mol. The van der Waals surface area contributed by atoms with E-state index >= 15 is 0 Å². The molecule has 0 saturated heterocycles. The molecule has 0 radical (unpaired) electrons. The first-order chi connectivity index (χ1) is 12.6. The summed E-state index contributed by atoms with van der Waals surface area (Å²) in [6.07, 6.45) is 7.17. The highest BCUT2D eigenvalue weighted by atomic mass is 32.1. The van der Waals surface area contributed by atoms with Crippen LogP contribution in [-0.4, -0.2) is 20.7 Å². The van der Waals surface area contributed by atoms with Gasteiger partial charge in [0.15, 0.2) is 0 Å². The van der Waals surface area contributed by atoms with Gasteiger partial charge in [-0.2, -0.15) is 0 Å². The summed E-state index contributed by atoms with van der Waals surface area (Å²) in [4.78, 5) is 18.3. The third-order valence-corrected chi connectivity index (χ3v) is 5.57. The first-order valence-corrected chi connectivity index (χ1v) is 9.81. The summed E-state index contributed by atoms with van der Waals surface area (Å²) in [5.74, 6) is 1.27. The number of hydrogen-bond donors (Lipinski definition) is 0. The van der Waals surface area contributed by atoms with Crippen molar-refractivity contribution in [1.82, 2.24) is 15.0 Å². The zero-order chi connectivity index (χ0) is 18.5. The summed E-state index contributed by atoms with van der Waals surface area (Å²) >= 11 is 1.65. The van der Waals surface area contributed by atoms with Crippen LogP contribution < -0.4 is 0 Å². The van der Waals surface area contributed by atoms with Gasteiger partial charge in [-0.15, -0.1) is 11.3 Å². The van der Waals surface area contributed by atoms with Crippen molar-refractivity contribution >= 4 is 22.7 Å². The monoisotopic (exact) mass is 364 g/mol. The maximum absolute atomic E-state index is 5.03. The number of nitrogens with zero attached hydrogens (tertiary/aromatic N) is 4. The molecule has 0 spiro atoms. The molecule has 0 aliphatic carbocycles. The Kier molecular flexibility index (Phi) is 5.89. The fraction of sp³-hybridized carbons (Fsp3) is 0.333. The number of thiazole rings is 1. The number of hydrogen-bond acceptors (Lipinski definition) is 5. The van der Waals surface area contributed by atoms with Crippen LogP contribution in [0.1, 0.15) is 44.1 Å². The van der Waals surface area contributed by atoms with Crippen molar-refractivity contribution in [2.24, 2.45) is 10.9 Å². The summed E-state index contributed by atoms with van der Waals surface area (Å²) in [7, 11) is 0. The van der Waals surface area contributed by atoms with E-state index in [4.69, 9.17) is 4.99 Å². The summed E-state index contributed by atoms with van der Waals surface area (Å²) < 4.78 is 0. The van der Waals surface area contributed by atoms with E-state index in [1.165, 1.54) is 0 Å². The Bertz CT molecular complexity index is 886. The van der Waals surface area contributed by atoms with Crippen LogP contribution in [0, 0.1) is 12.8 Å². The molecule has 0 aliphatic rings. The lowest BCUT2D eigenvalue weighted by molar-refractivity contribution is 0.736. The van der Waals surface area contributed by atoms with Crippen molar-refractivity contribution in [3.05, 3.63) is 59.1 Å². The lowest BCUT2D eigenvalue weighted by Gasteiger charge is -2.15. The highest BCUT2D eigenvalue weighted by Gasteiger charge is 2.15. The van der Waals surface area contributed by atoms with Gasteiger partial charge in [0.1, 0.15) is 10.8 Å². The van der Waals surface area contributed by atoms with Gasteiger partial charge in [0.05, 0.1) is 5.69 Å². The molecule has 3 aromatic rings. The van der Waals surface area contributed by atoms with Crippen LogP contribution in [0.4, 0.5) is 5.69 Å². The molecule has 1 atom stereocenters. The quantitative estimate of drug-likeness (QED) is 0.532. The summed E-state index contributed by atoms with van der Waals surface area (Å²) in [5.41, 5.74) is 5.64. The number of aliphatic imine (C=N–C) groups is 1. The van der Waals surface area contributed by atoms with E-state index in [9.17, 15) is 0 Å². The molecule has 134 valence electrons. The van der Waals surface area contributed by atoms with Crippen LogP contribution in [0.25, 0.3) is 10.6 Å². The van der Waals surface area contributed by atoms with Crippen molar-refractivity contribution < 1.29 is 0 Å². The van der Waals surface area contributed by atoms with Crippen LogP contribution >= 0.6 is 11.3 Å². The summed E-state index contributed by atoms with van der Waals surface area (Å²) in [6, 6.07) is 6.12. The zero-order valence-corrected chi connectivity index (χ0v) is 16.5. The largest absolute Gasteiger partial charge is 0.257 e. The molecule has 0 saturated carbocycles. The Hall–Kier alpha value is -2.40. The third kappa shape index (κ3) is 4.05. The molecule has 4 nitrogen and oxygen atoms in total. The second-order valence-corrected chi connectivity index (χ2v) is 7.38. The topological polar surface area (TPSA) is 51.0 Å². The third-order valence-electron chi connectivity index (χ3n) is 4.76. The molecular formula is C21H24N4S. The molecule has 3 rings (SSSR count). The minimum atomic E-state index is 0.457. The molecule has 0 bridgehead atoms. The molecule has 0 aliphatic heterocycles. The van der Waals surface area contributed by atoms with E-state index in [1.807, 2.05) is 17.6 Å². The maximum atomic E-state index is 5.03. The summed E-state index contributed by atoms with van der Waals surface area (Å²) in [5, 5.41) is 3.04. The number of rotatable bonds is 6. The second-order valence-electron chi connectivity index (χ2n) is 6.49. The molecule has 0 amide bonds. The molecule has 5 heteroatoms. The fourth-order valence-electron chi connectivity index (χ4n) is 2.82. The first kappa shape index (κ1) is 18.4. The number of aromatic nitrogens is 3. The van der Waals surface area contributed by atoms with E-state index in [2.05, 4.69) is 54.8 Å².